The molecule has 0 heterocycles. The van der Waals surface area contributed by atoms with Crippen molar-refractivity contribution in [3.63, 3.8) is 0 Å². The van der Waals surface area contributed by atoms with Crippen LogP contribution in [0.25, 0.3) is 0 Å². The molecule has 0 aliphatic rings. The largest absolute Gasteiger partial charge is 0.482 e. The lowest BCUT2D eigenvalue weighted by Gasteiger charge is -2.22. The van der Waals surface area contributed by atoms with E-state index in [1.165, 1.54) is 4.90 Å². The van der Waals surface area contributed by atoms with Crippen LogP contribution in [0, 0.1) is 11.3 Å². The molecular weight excluding hydrogens is 306 g/mol. The molecule has 0 atom stereocenters. The SMILES string of the molecule is N#Cc1ccccc1OCC(=O)N(CCC(N)=O)c1ccccc1. The minimum atomic E-state index is -0.487. The molecule has 0 saturated heterocycles. The summed E-state index contributed by atoms with van der Waals surface area (Å²) in [6.45, 7) is -0.0756. The molecule has 0 bridgehead atoms. The molecule has 2 aromatic carbocycles. The van der Waals surface area contributed by atoms with Crippen molar-refractivity contribution < 1.29 is 14.3 Å². The number of hydrogen-bond donors (Lipinski definition) is 1. The average Bonchev–Trinajstić information content (AvgIpc) is 2.61. The number of nitrogens with zero attached hydrogens (tertiary/aromatic N) is 2. The maximum absolute atomic E-state index is 12.5. The first-order chi connectivity index (χ1) is 11.6. The van der Waals surface area contributed by atoms with E-state index in [1.807, 2.05) is 12.1 Å². The Balaban J connectivity index is 2.10. The molecule has 122 valence electrons. The highest BCUT2D eigenvalue weighted by molar-refractivity contribution is 5.95. The summed E-state index contributed by atoms with van der Waals surface area (Å²) in [5.41, 5.74) is 6.19. The molecule has 0 aliphatic carbocycles. The molecule has 0 aliphatic heterocycles. The van der Waals surface area contributed by atoms with Crippen LogP contribution in [-0.4, -0.2) is 25.0 Å². The maximum Gasteiger partial charge on any atom is 0.264 e. The number of benzene rings is 2. The van der Waals surface area contributed by atoms with Gasteiger partial charge in [-0.2, -0.15) is 5.26 Å². The highest BCUT2D eigenvalue weighted by Gasteiger charge is 2.17. The molecule has 2 amide bonds. The van der Waals surface area contributed by atoms with E-state index in [9.17, 15) is 9.59 Å². The fraction of sp³-hybridized carbons (Fsp3) is 0.167. The van der Waals surface area contributed by atoms with Crippen molar-refractivity contribution in [1.82, 2.24) is 0 Å². The predicted molar refractivity (Wildman–Crippen MR) is 89.3 cm³/mol. The summed E-state index contributed by atoms with van der Waals surface area (Å²) in [4.78, 5) is 25.0. The summed E-state index contributed by atoms with van der Waals surface area (Å²) in [5, 5.41) is 9.04. The Bertz CT molecular complexity index is 754. The molecule has 0 fully saturated rings. The van der Waals surface area contributed by atoms with Gasteiger partial charge < -0.3 is 15.4 Å². The summed E-state index contributed by atoms with van der Waals surface area (Å²) >= 11 is 0. The number of anilines is 1. The number of amides is 2. The van der Waals surface area contributed by atoms with Crippen LogP contribution in [0.4, 0.5) is 5.69 Å². The van der Waals surface area contributed by atoms with Crippen LogP contribution in [0.2, 0.25) is 0 Å². The summed E-state index contributed by atoms with van der Waals surface area (Å²) in [6.07, 6.45) is 0.0510. The third kappa shape index (κ3) is 4.58. The quantitative estimate of drug-likeness (QED) is 0.841. The number of ether oxygens (including phenoxy) is 1. The molecule has 6 heteroatoms. The summed E-state index contributed by atoms with van der Waals surface area (Å²) in [7, 11) is 0. The van der Waals surface area contributed by atoms with E-state index in [2.05, 4.69) is 0 Å². The number of primary amides is 1. The lowest BCUT2D eigenvalue weighted by atomic mass is 10.2. The first-order valence-corrected chi connectivity index (χ1v) is 7.37. The third-order valence-corrected chi connectivity index (χ3v) is 3.31. The van der Waals surface area contributed by atoms with E-state index in [-0.39, 0.29) is 25.5 Å². The van der Waals surface area contributed by atoms with Gasteiger partial charge in [-0.15, -0.1) is 0 Å². The van der Waals surface area contributed by atoms with E-state index in [1.54, 1.807) is 48.5 Å². The van der Waals surface area contributed by atoms with E-state index in [0.29, 0.717) is 17.0 Å². The number of hydrogen-bond acceptors (Lipinski definition) is 4. The van der Waals surface area contributed by atoms with Crippen molar-refractivity contribution in [2.45, 2.75) is 6.42 Å². The van der Waals surface area contributed by atoms with Gasteiger partial charge in [0.1, 0.15) is 11.8 Å². The van der Waals surface area contributed by atoms with Gasteiger partial charge in [0.25, 0.3) is 5.91 Å². The molecule has 24 heavy (non-hydrogen) atoms. The van der Waals surface area contributed by atoms with Crippen LogP contribution in [0.5, 0.6) is 5.75 Å². The molecular formula is C18H17N3O3. The lowest BCUT2D eigenvalue weighted by molar-refractivity contribution is -0.120. The first-order valence-electron chi connectivity index (χ1n) is 7.37. The van der Waals surface area contributed by atoms with Crippen LogP contribution in [0.15, 0.2) is 54.6 Å². The molecule has 2 aromatic rings. The van der Waals surface area contributed by atoms with Crippen molar-refractivity contribution in [1.29, 1.82) is 5.26 Å². The third-order valence-electron chi connectivity index (χ3n) is 3.31. The smallest absolute Gasteiger partial charge is 0.264 e. The predicted octanol–water partition coefficient (Wildman–Crippen LogP) is 1.85. The minimum Gasteiger partial charge on any atom is -0.482 e. The first kappa shape index (κ1) is 17.0. The molecule has 0 radical (unpaired) electrons. The molecule has 0 unspecified atom stereocenters. The fourth-order valence-electron chi connectivity index (χ4n) is 2.13. The number of nitriles is 1. The highest BCUT2D eigenvalue weighted by Crippen LogP contribution is 2.18. The molecule has 2 rings (SSSR count). The standard InChI is InChI=1S/C18H17N3O3/c19-12-14-6-4-5-9-16(14)24-13-18(23)21(11-10-17(20)22)15-7-2-1-3-8-15/h1-9H,10-11,13H2,(H2,20,22). The zero-order valence-electron chi connectivity index (χ0n) is 13.0. The van der Waals surface area contributed by atoms with Gasteiger partial charge in [-0.3, -0.25) is 9.59 Å². The van der Waals surface area contributed by atoms with Crippen molar-refractivity contribution in [2.24, 2.45) is 5.73 Å². The fourth-order valence-corrected chi connectivity index (χ4v) is 2.13. The summed E-state index contributed by atoms with van der Waals surface area (Å²) < 4.78 is 5.47. The maximum atomic E-state index is 12.5. The van der Waals surface area contributed by atoms with Crippen LogP contribution < -0.4 is 15.4 Å². The minimum absolute atomic E-state index is 0.0510. The second-order valence-corrected chi connectivity index (χ2v) is 4.99. The number of rotatable bonds is 7. The van der Waals surface area contributed by atoms with Crippen molar-refractivity contribution in [3.05, 3.63) is 60.2 Å². The Kier molecular flexibility index (Phi) is 5.92. The highest BCUT2D eigenvalue weighted by atomic mass is 16.5. The van der Waals surface area contributed by atoms with E-state index in [4.69, 9.17) is 15.7 Å². The van der Waals surface area contributed by atoms with Gasteiger partial charge in [0, 0.05) is 18.7 Å². The van der Waals surface area contributed by atoms with Crippen molar-refractivity contribution >= 4 is 17.5 Å². The average molecular weight is 323 g/mol. The molecule has 6 nitrogen and oxygen atoms in total. The Morgan fingerprint density at radius 3 is 2.42 bits per heavy atom. The summed E-state index contributed by atoms with van der Waals surface area (Å²) in [5.74, 6) is -0.467. The number of carbonyl (C=O) groups is 2. The van der Waals surface area contributed by atoms with Gasteiger partial charge in [-0.05, 0) is 24.3 Å². The Morgan fingerprint density at radius 1 is 1.08 bits per heavy atom. The number of nitrogens with two attached hydrogens (primary N) is 1. The summed E-state index contributed by atoms with van der Waals surface area (Å²) in [6, 6.07) is 17.7. The van der Waals surface area contributed by atoms with Gasteiger partial charge in [-0.25, -0.2) is 0 Å². The monoisotopic (exact) mass is 323 g/mol. The van der Waals surface area contributed by atoms with Gasteiger partial charge in [-0.1, -0.05) is 30.3 Å². The molecule has 0 saturated carbocycles. The molecule has 0 aromatic heterocycles. The van der Waals surface area contributed by atoms with Crippen LogP contribution in [-0.2, 0) is 9.59 Å². The van der Waals surface area contributed by atoms with Crippen molar-refractivity contribution in [3.8, 4) is 11.8 Å². The topological polar surface area (TPSA) is 96.4 Å². The van der Waals surface area contributed by atoms with Gasteiger partial charge >= 0.3 is 0 Å². The van der Waals surface area contributed by atoms with E-state index >= 15 is 0 Å². The normalized spacial score (nSPS) is 9.79. The molecule has 0 spiro atoms. The Morgan fingerprint density at radius 2 is 1.75 bits per heavy atom. The zero-order chi connectivity index (χ0) is 17.4. The van der Waals surface area contributed by atoms with Crippen LogP contribution >= 0.6 is 0 Å². The van der Waals surface area contributed by atoms with Crippen LogP contribution in [0.1, 0.15) is 12.0 Å². The van der Waals surface area contributed by atoms with Crippen molar-refractivity contribution in [2.75, 3.05) is 18.1 Å². The Hall–Kier alpha value is -3.33. The van der Waals surface area contributed by atoms with E-state index in [0.717, 1.165) is 0 Å². The van der Waals surface area contributed by atoms with Gasteiger partial charge in [0.15, 0.2) is 6.61 Å². The van der Waals surface area contributed by atoms with Gasteiger partial charge in [0.05, 0.1) is 5.56 Å². The molecule has 2 N–H and O–H groups in total. The second kappa shape index (κ2) is 8.34. The number of carbonyl (C=O) groups excluding carboxylic acids is 2. The second-order valence-electron chi connectivity index (χ2n) is 4.99. The number of para-hydroxylation sites is 2. The lowest BCUT2D eigenvalue weighted by Crippen LogP contribution is -2.37. The van der Waals surface area contributed by atoms with Gasteiger partial charge in [0.2, 0.25) is 5.91 Å². The van der Waals surface area contributed by atoms with Crippen LogP contribution in [0.3, 0.4) is 0 Å². The Labute approximate surface area is 140 Å². The zero-order valence-corrected chi connectivity index (χ0v) is 13.0. The van der Waals surface area contributed by atoms with E-state index < -0.39 is 5.91 Å².